The predicted molar refractivity (Wildman–Crippen MR) is 95.5 cm³/mol. The summed E-state index contributed by atoms with van der Waals surface area (Å²) in [4.78, 5) is 49.9. The molecule has 4 rings (SSSR count). The molecule has 2 aliphatic carbocycles. The van der Waals surface area contributed by atoms with Crippen molar-refractivity contribution in [2.45, 2.75) is 6.42 Å². The van der Waals surface area contributed by atoms with Crippen LogP contribution in [0.5, 0.6) is 0 Å². The maximum atomic E-state index is 12.5. The molecule has 1 aliphatic heterocycles. The highest BCUT2D eigenvalue weighted by molar-refractivity contribution is 6.33. The van der Waals surface area contributed by atoms with Crippen molar-refractivity contribution in [3.8, 4) is 0 Å². The minimum Gasteiger partial charge on any atom is -0.454 e. The van der Waals surface area contributed by atoms with E-state index in [0.717, 1.165) is 11.3 Å². The number of rotatable bonds is 5. The summed E-state index contributed by atoms with van der Waals surface area (Å²) in [5.74, 6) is -2.55. The Balaban J connectivity index is 1.30. The molecule has 3 aliphatic rings. The lowest BCUT2D eigenvalue weighted by Gasteiger charge is -2.16. The molecule has 1 saturated heterocycles. The van der Waals surface area contributed by atoms with Gasteiger partial charge in [0, 0.05) is 0 Å². The molecule has 1 aromatic carbocycles. The standard InChI is InChI=1S/C19H17ClN2O5/c20-12-3-1-2-4-13(12)21-14(23)9-27-15(24)8-22-18(25)16-10-5-6-11(7-10)17(16)19(22)26/h1-6,10-11,16-17H,7-9H2,(H,21,23)/t10-,11+,16-,17+. The van der Waals surface area contributed by atoms with E-state index in [1.807, 2.05) is 12.2 Å². The minimum atomic E-state index is -0.800. The molecule has 0 spiro atoms. The summed E-state index contributed by atoms with van der Waals surface area (Å²) < 4.78 is 4.91. The zero-order chi connectivity index (χ0) is 19.1. The Morgan fingerprint density at radius 2 is 1.74 bits per heavy atom. The molecule has 1 N–H and O–H groups in total. The molecule has 140 valence electrons. The van der Waals surface area contributed by atoms with Gasteiger partial charge in [-0.2, -0.15) is 0 Å². The summed E-state index contributed by atoms with van der Waals surface area (Å²) in [5, 5.41) is 2.89. The van der Waals surface area contributed by atoms with Crippen molar-refractivity contribution >= 4 is 41.0 Å². The second-order valence-electron chi connectivity index (χ2n) is 6.95. The van der Waals surface area contributed by atoms with E-state index in [0.29, 0.717) is 10.7 Å². The van der Waals surface area contributed by atoms with Crippen LogP contribution in [-0.2, 0) is 23.9 Å². The average Bonchev–Trinajstić information content (AvgIpc) is 3.32. The quantitative estimate of drug-likeness (QED) is 0.470. The molecule has 0 aromatic heterocycles. The second-order valence-corrected chi connectivity index (χ2v) is 7.36. The maximum Gasteiger partial charge on any atom is 0.326 e. The lowest BCUT2D eigenvalue weighted by molar-refractivity contribution is -0.154. The molecule has 1 aromatic rings. The van der Waals surface area contributed by atoms with Crippen molar-refractivity contribution in [3.05, 3.63) is 41.4 Å². The molecule has 3 amide bonds. The Morgan fingerprint density at radius 3 is 2.37 bits per heavy atom. The highest BCUT2D eigenvalue weighted by Crippen LogP contribution is 2.52. The van der Waals surface area contributed by atoms with Crippen LogP contribution in [0, 0.1) is 23.7 Å². The highest BCUT2D eigenvalue weighted by atomic mass is 35.5. The van der Waals surface area contributed by atoms with Crippen LogP contribution < -0.4 is 5.32 Å². The average molecular weight is 389 g/mol. The van der Waals surface area contributed by atoms with E-state index in [4.69, 9.17) is 16.3 Å². The molecule has 7 nitrogen and oxygen atoms in total. The molecule has 4 atom stereocenters. The van der Waals surface area contributed by atoms with Crippen molar-refractivity contribution < 1.29 is 23.9 Å². The summed E-state index contributed by atoms with van der Waals surface area (Å²) in [6.07, 6.45) is 4.79. The molecular formula is C19H17ClN2O5. The third kappa shape index (κ3) is 3.12. The number of esters is 1. The van der Waals surface area contributed by atoms with Gasteiger partial charge in [-0.1, -0.05) is 35.9 Å². The van der Waals surface area contributed by atoms with E-state index in [1.54, 1.807) is 24.3 Å². The monoisotopic (exact) mass is 388 g/mol. The van der Waals surface area contributed by atoms with Gasteiger partial charge < -0.3 is 10.1 Å². The SMILES string of the molecule is O=C(COC(=O)CN1C(=O)[C@@H]2[C@H](C1=O)[C@@H]1C=C[C@H]2C1)Nc1ccccc1Cl. The van der Waals surface area contributed by atoms with Gasteiger partial charge in [-0.3, -0.25) is 24.1 Å². The van der Waals surface area contributed by atoms with E-state index in [1.165, 1.54) is 0 Å². The van der Waals surface area contributed by atoms with Crippen LogP contribution in [0.25, 0.3) is 0 Å². The number of fused-ring (bicyclic) bond motifs is 5. The third-order valence-corrected chi connectivity index (χ3v) is 5.69. The molecule has 2 fully saturated rings. The van der Waals surface area contributed by atoms with Crippen molar-refractivity contribution in [1.29, 1.82) is 0 Å². The van der Waals surface area contributed by atoms with E-state index in [2.05, 4.69) is 5.32 Å². The first-order valence-corrected chi connectivity index (χ1v) is 9.07. The van der Waals surface area contributed by atoms with Crippen LogP contribution in [-0.4, -0.2) is 41.7 Å². The van der Waals surface area contributed by atoms with Gasteiger partial charge in [0.1, 0.15) is 6.54 Å². The van der Waals surface area contributed by atoms with Crippen molar-refractivity contribution in [2.75, 3.05) is 18.5 Å². The Labute approximate surface area is 160 Å². The number of hydrogen-bond donors (Lipinski definition) is 1. The molecule has 0 radical (unpaired) electrons. The number of allylic oxidation sites excluding steroid dienone is 2. The van der Waals surface area contributed by atoms with Crippen LogP contribution in [0.2, 0.25) is 5.02 Å². The lowest BCUT2D eigenvalue weighted by atomic mass is 9.85. The number of likely N-dealkylation sites (tertiary alicyclic amines) is 1. The van der Waals surface area contributed by atoms with Gasteiger partial charge in [-0.05, 0) is 30.4 Å². The number of anilines is 1. The Kier molecular flexibility index (Phi) is 4.47. The molecule has 8 heteroatoms. The molecule has 1 saturated carbocycles. The number of ether oxygens (including phenoxy) is 1. The molecular weight excluding hydrogens is 372 g/mol. The zero-order valence-electron chi connectivity index (χ0n) is 14.3. The highest BCUT2D eigenvalue weighted by Gasteiger charge is 2.59. The topological polar surface area (TPSA) is 92.8 Å². The summed E-state index contributed by atoms with van der Waals surface area (Å²) >= 11 is 5.94. The van der Waals surface area contributed by atoms with Crippen molar-refractivity contribution in [2.24, 2.45) is 23.7 Å². The summed E-state index contributed by atoms with van der Waals surface area (Å²) in [6.45, 7) is -0.997. The van der Waals surface area contributed by atoms with Gasteiger partial charge in [0.05, 0.1) is 22.5 Å². The summed E-state index contributed by atoms with van der Waals surface area (Å²) in [7, 11) is 0. The summed E-state index contributed by atoms with van der Waals surface area (Å²) in [6, 6.07) is 6.66. The van der Waals surface area contributed by atoms with E-state index in [-0.39, 0.29) is 35.5 Å². The number of hydrogen-bond acceptors (Lipinski definition) is 5. The number of nitrogens with one attached hydrogen (secondary N) is 1. The number of carbonyl (C=O) groups excluding carboxylic acids is 4. The normalized spacial score (nSPS) is 27.8. The molecule has 1 heterocycles. The van der Waals surface area contributed by atoms with Crippen molar-refractivity contribution in [1.82, 2.24) is 4.90 Å². The number of para-hydroxylation sites is 1. The number of benzene rings is 1. The van der Waals surface area contributed by atoms with Gasteiger partial charge in [-0.15, -0.1) is 0 Å². The van der Waals surface area contributed by atoms with Gasteiger partial charge in [0.25, 0.3) is 5.91 Å². The maximum absolute atomic E-state index is 12.5. The van der Waals surface area contributed by atoms with Gasteiger partial charge in [0.15, 0.2) is 6.61 Å². The van der Waals surface area contributed by atoms with E-state index in [9.17, 15) is 19.2 Å². The van der Waals surface area contributed by atoms with Gasteiger partial charge in [0.2, 0.25) is 11.8 Å². The van der Waals surface area contributed by atoms with Crippen molar-refractivity contribution in [3.63, 3.8) is 0 Å². The first-order chi connectivity index (χ1) is 13.0. The third-order valence-electron chi connectivity index (χ3n) is 5.36. The number of halogens is 1. The minimum absolute atomic E-state index is 0.0823. The Hall–Kier alpha value is -2.67. The van der Waals surface area contributed by atoms with Crippen LogP contribution >= 0.6 is 11.6 Å². The summed E-state index contributed by atoms with van der Waals surface area (Å²) in [5.41, 5.74) is 0.404. The fraction of sp³-hybridized carbons (Fsp3) is 0.368. The van der Waals surface area contributed by atoms with E-state index >= 15 is 0 Å². The Bertz CT molecular complexity index is 837. The molecule has 27 heavy (non-hydrogen) atoms. The van der Waals surface area contributed by atoms with Gasteiger partial charge in [-0.25, -0.2) is 0 Å². The van der Waals surface area contributed by atoms with E-state index < -0.39 is 25.0 Å². The van der Waals surface area contributed by atoms with Crippen LogP contribution in [0.3, 0.4) is 0 Å². The molecule has 0 unspecified atom stereocenters. The lowest BCUT2D eigenvalue weighted by Crippen LogP contribution is -2.38. The Morgan fingerprint density at radius 1 is 1.11 bits per heavy atom. The number of carbonyl (C=O) groups is 4. The van der Waals surface area contributed by atoms with Crippen LogP contribution in [0.4, 0.5) is 5.69 Å². The number of amides is 3. The zero-order valence-corrected chi connectivity index (χ0v) is 15.0. The van der Waals surface area contributed by atoms with Crippen LogP contribution in [0.1, 0.15) is 6.42 Å². The number of nitrogens with zero attached hydrogens (tertiary/aromatic N) is 1. The largest absolute Gasteiger partial charge is 0.454 e. The smallest absolute Gasteiger partial charge is 0.326 e. The second kappa shape index (κ2) is 6.81. The first-order valence-electron chi connectivity index (χ1n) is 8.69. The van der Waals surface area contributed by atoms with Gasteiger partial charge >= 0.3 is 5.97 Å². The number of imide groups is 1. The fourth-order valence-electron chi connectivity index (χ4n) is 4.19. The van der Waals surface area contributed by atoms with Crippen LogP contribution in [0.15, 0.2) is 36.4 Å². The first kappa shape index (κ1) is 17.7. The molecule has 2 bridgehead atoms. The fourth-order valence-corrected chi connectivity index (χ4v) is 4.37. The predicted octanol–water partition coefficient (Wildman–Crippen LogP) is 1.63.